The maximum Gasteiger partial charge on any atom is 0.307 e. The van der Waals surface area contributed by atoms with Crippen molar-refractivity contribution in [3.05, 3.63) is 65.3 Å². The molecule has 1 fully saturated rings. The minimum Gasteiger partial charge on any atom is -0.491 e. The number of carbonyl (C=O) groups is 1. The first-order chi connectivity index (χ1) is 15.6. The third-order valence-corrected chi connectivity index (χ3v) is 6.85. The Hall–Kier alpha value is -2.61. The van der Waals surface area contributed by atoms with E-state index in [4.69, 9.17) is 21.4 Å². The van der Waals surface area contributed by atoms with Crippen LogP contribution in [0.5, 0.6) is 5.75 Å². The van der Waals surface area contributed by atoms with Crippen LogP contribution in [0.4, 0.5) is 5.13 Å². The number of rotatable bonds is 8. The predicted octanol–water partition coefficient (Wildman–Crippen LogP) is 4.68. The van der Waals surface area contributed by atoms with Gasteiger partial charge in [-0.1, -0.05) is 59.3 Å². The second-order valence-corrected chi connectivity index (χ2v) is 9.16. The largest absolute Gasteiger partial charge is 0.491 e. The number of carboxylic acid groups (broad SMARTS) is 1. The van der Waals surface area contributed by atoms with Crippen LogP contribution in [0.25, 0.3) is 10.4 Å². The lowest BCUT2D eigenvalue weighted by molar-refractivity contribution is -0.136. The molecule has 1 aliphatic heterocycles. The molecule has 2 heterocycles. The van der Waals surface area contributed by atoms with E-state index in [-0.39, 0.29) is 6.42 Å². The normalized spacial score (nSPS) is 14.8. The maximum atomic E-state index is 10.9. The monoisotopic (exact) mass is 471 g/mol. The molecule has 0 radical (unpaired) electrons. The van der Waals surface area contributed by atoms with Gasteiger partial charge >= 0.3 is 5.97 Å². The lowest BCUT2D eigenvalue weighted by Crippen LogP contribution is -2.33. The van der Waals surface area contributed by atoms with E-state index in [2.05, 4.69) is 39.0 Å². The summed E-state index contributed by atoms with van der Waals surface area (Å²) in [6.45, 7) is 5.16. The summed E-state index contributed by atoms with van der Waals surface area (Å²) in [5.41, 5.74) is 1.89. The van der Waals surface area contributed by atoms with Crippen LogP contribution >= 0.6 is 22.9 Å². The van der Waals surface area contributed by atoms with Gasteiger partial charge in [0.2, 0.25) is 0 Å². The molecular weight excluding hydrogens is 446 g/mol. The van der Waals surface area contributed by atoms with Crippen LogP contribution in [0.15, 0.2) is 54.7 Å². The van der Waals surface area contributed by atoms with Crippen molar-refractivity contribution in [1.29, 1.82) is 0 Å². The van der Waals surface area contributed by atoms with Gasteiger partial charge in [0.25, 0.3) is 0 Å². The Balaban J connectivity index is 1.28. The zero-order valence-corrected chi connectivity index (χ0v) is 19.3. The highest BCUT2D eigenvalue weighted by Crippen LogP contribution is 2.31. The van der Waals surface area contributed by atoms with Gasteiger partial charge in [0.1, 0.15) is 12.4 Å². The van der Waals surface area contributed by atoms with E-state index in [0.29, 0.717) is 22.9 Å². The standard InChI is InChI=1S/C24H26ClN3O3S/c25-20-8-7-18(16-23(29)30)15-21(20)31-14-13-27-9-4-10-28(12-11-27)24-26-17-22(32-24)19-5-2-1-3-6-19/h1-3,5-8,15,17H,4,9-14,16H2,(H,29,30). The van der Waals surface area contributed by atoms with Gasteiger partial charge in [-0.2, -0.15) is 0 Å². The molecule has 0 bridgehead atoms. The highest BCUT2D eigenvalue weighted by molar-refractivity contribution is 7.18. The Morgan fingerprint density at radius 1 is 1.12 bits per heavy atom. The van der Waals surface area contributed by atoms with Gasteiger partial charge in [0.15, 0.2) is 5.13 Å². The van der Waals surface area contributed by atoms with Gasteiger partial charge in [0, 0.05) is 38.9 Å². The number of hydrogen-bond acceptors (Lipinski definition) is 6. The minimum atomic E-state index is -0.872. The molecule has 0 amide bonds. The van der Waals surface area contributed by atoms with Crippen LogP contribution in [0, 0.1) is 0 Å². The average molecular weight is 472 g/mol. The first-order valence-electron chi connectivity index (χ1n) is 10.7. The van der Waals surface area contributed by atoms with Crippen molar-refractivity contribution in [2.75, 3.05) is 44.2 Å². The summed E-state index contributed by atoms with van der Waals surface area (Å²) in [6, 6.07) is 15.5. The summed E-state index contributed by atoms with van der Waals surface area (Å²) in [4.78, 5) is 21.5. The molecule has 0 atom stereocenters. The first-order valence-corrected chi connectivity index (χ1v) is 11.9. The van der Waals surface area contributed by atoms with Gasteiger partial charge in [-0.3, -0.25) is 9.69 Å². The molecular formula is C24H26ClN3O3S. The quantitative estimate of drug-likeness (QED) is 0.514. The highest BCUT2D eigenvalue weighted by atomic mass is 35.5. The summed E-state index contributed by atoms with van der Waals surface area (Å²) in [6.07, 6.45) is 2.99. The molecule has 1 aromatic heterocycles. The van der Waals surface area contributed by atoms with Crippen molar-refractivity contribution in [3.8, 4) is 16.2 Å². The van der Waals surface area contributed by atoms with Crippen molar-refractivity contribution in [2.24, 2.45) is 0 Å². The molecule has 2 aromatic carbocycles. The van der Waals surface area contributed by atoms with Crippen LogP contribution < -0.4 is 9.64 Å². The molecule has 8 heteroatoms. The fourth-order valence-corrected chi connectivity index (χ4v) is 4.91. The number of carboxylic acids is 1. The molecule has 0 saturated carbocycles. The third kappa shape index (κ3) is 6.00. The van der Waals surface area contributed by atoms with E-state index >= 15 is 0 Å². The van der Waals surface area contributed by atoms with Crippen LogP contribution in [0.1, 0.15) is 12.0 Å². The maximum absolute atomic E-state index is 10.9. The number of aromatic nitrogens is 1. The molecule has 1 N–H and O–H groups in total. The van der Waals surface area contributed by atoms with Gasteiger partial charge in [-0.15, -0.1) is 0 Å². The molecule has 0 aliphatic carbocycles. The average Bonchev–Trinajstić information content (AvgIpc) is 3.16. The smallest absolute Gasteiger partial charge is 0.307 e. The van der Waals surface area contributed by atoms with Crippen molar-refractivity contribution in [1.82, 2.24) is 9.88 Å². The summed E-state index contributed by atoms with van der Waals surface area (Å²) in [5, 5.41) is 10.5. The summed E-state index contributed by atoms with van der Waals surface area (Å²) in [5.74, 6) is -0.332. The van der Waals surface area contributed by atoms with Gasteiger partial charge in [-0.25, -0.2) is 4.98 Å². The first kappa shape index (κ1) is 22.6. The van der Waals surface area contributed by atoms with Crippen molar-refractivity contribution in [3.63, 3.8) is 0 Å². The number of anilines is 1. The minimum absolute atomic E-state index is 0.0434. The Labute approximate surface area is 197 Å². The van der Waals surface area contributed by atoms with E-state index in [1.54, 1.807) is 29.5 Å². The van der Waals surface area contributed by atoms with Crippen molar-refractivity contribution >= 4 is 34.0 Å². The number of aliphatic carboxylic acids is 1. The SMILES string of the molecule is O=C(O)Cc1ccc(Cl)c(OCCN2CCCN(c3ncc(-c4ccccc4)s3)CC2)c1. The van der Waals surface area contributed by atoms with Crippen molar-refractivity contribution in [2.45, 2.75) is 12.8 Å². The summed E-state index contributed by atoms with van der Waals surface area (Å²) in [7, 11) is 0. The predicted molar refractivity (Wildman–Crippen MR) is 129 cm³/mol. The number of halogens is 1. The van der Waals surface area contributed by atoms with Crippen LogP contribution in [0.2, 0.25) is 5.02 Å². The van der Waals surface area contributed by atoms with Gasteiger partial charge < -0.3 is 14.7 Å². The van der Waals surface area contributed by atoms with E-state index < -0.39 is 5.97 Å². The Morgan fingerprint density at radius 2 is 1.97 bits per heavy atom. The number of hydrogen-bond donors (Lipinski definition) is 1. The Kier molecular flexibility index (Phi) is 7.63. The molecule has 0 spiro atoms. The van der Waals surface area contributed by atoms with Crippen LogP contribution in [0.3, 0.4) is 0 Å². The summed E-state index contributed by atoms with van der Waals surface area (Å²) >= 11 is 7.96. The lowest BCUT2D eigenvalue weighted by Gasteiger charge is -2.21. The fraction of sp³-hybridized carbons (Fsp3) is 0.333. The Bertz CT molecular complexity index is 1040. The highest BCUT2D eigenvalue weighted by Gasteiger charge is 2.18. The topological polar surface area (TPSA) is 65.9 Å². The van der Waals surface area contributed by atoms with Crippen LogP contribution in [-0.2, 0) is 11.2 Å². The molecule has 0 unspecified atom stereocenters. The van der Waals surface area contributed by atoms with E-state index in [1.165, 1.54) is 10.4 Å². The van der Waals surface area contributed by atoms with Gasteiger partial charge in [-0.05, 0) is 29.7 Å². The number of ether oxygens (including phenoxy) is 1. The molecule has 3 aromatic rings. The summed E-state index contributed by atoms with van der Waals surface area (Å²) < 4.78 is 5.88. The molecule has 4 rings (SSSR count). The fourth-order valence-electron chi connectivity index (χ4n) is 3.76. The molecule has 6 nitrogen and oxygen atoms in total. The van der Waals surface area contributed by atoms with E-state index in [9.17, 15) is 4.79 Å². The molecule has 1 saturated heterocycles. The second kappa shape index (κ2) is 10.8. The van der Waals surface area contributed by atoms with E-state index in [1.807, 2.05) is 12.3 Å². The zero-order valence-electron chi connectivity index (χ0n) is 17.7. The molecule has 1 aliphatic rings. The van der Waals surface area contributed by atoms with Crippen LogP contribution in [-0.4, -0.2) is 60.3 Å². The lowest BCUT2D eigenvalue weighted by atomic mass is 10.1. The number of thiazole rings is 1. The molecule has 168 valence electrons. The molecule has 32 heavy (non-hydrogen) atoms. The zero-order chi connectivity index (χ0) is 22.3. The third-order valence-electron chi connectivity index (χ3n) is 5.43. The number of benzene rings is 2. The number of nitrogens with zero attached hydrogens (tertiary/aromatic N) is 3. The van der Waals surface area contributed by atoms with E-state index in [0.717, 1.165) is 44.3 Å². The van der Waals surface area contributed by atoms with Gasteiger partial charge in [0.05, 0.1) is 16.3 Å². The second-order valence-electron chi connectivity index (χ2n) is 7.74. The Morgan fingerprint density at radius 3 is 2.78 bits per heavy atom. The van der Waals surface area contributed by atoms with Crippen molar-refractivity contribution < 1.29 is 14.6 Å².